The predicted octanol–water partition coefficient (Wildman–Crippen LogP) is 2.19. The Hall–Kier alpha value is -2.28. The fourth-order valence-electron chi connectivity index (χ4n) is 3.03. The maximum atomic E-state index is 12.0. The van der Waals surface area contributed by atoms with Crippen LogP contribution < -0.4 is 15.4 Å². The number of amides is 1. The third-order valence-corrected chi connectivity index (χ3v) is 4.85. The van der Waals surface area contributed by atoms with E-state index in [0.717, 1.165) is 17.7 Å². The van der Waals surface area contributed by atoms with Crippen molar-refractivity contribution in [1.82, 2.24) is 15.5 Å². The molecule has 1 aromatic carbocycles. The Kier molecular flexibility index (Phi) is 7.69. The number of rotatable bonds is 6. The summed E-state index contributed by atoms with van der Waals surface area (Å²) >= 11 is 0. The van der Waals surface area contributed by atoms with Gasteiger partial charge in [0.25, 0.3) is 0 Å². The second-order valence-corrected chi connectivity index (χ2v) is 8.30. The molecule has 0 fully saturated rings. The van der Waals surface area contributed by atoms with Gasteiger partial charge in [-0.1, -0.05) is 39.0 Å². The van der Waals surface area contributed by atoms with E-state index in [1.54, 1.807) is 21.2 Å². The van der Waals surface area contributed by atoms with Crippen molar-refractivity contribution in [3.63, 3.8) is 0 Å². The first-order valence-electron chi connectivity index (χ1n) is 9.72. The number of carbonyl (C=O) groups excluding carboxylic acids is 1. The Balaban J connectivity index is 2.14. The van der Waals surface area contributed by atoms with Crippen LogP contribution in [0.1, 0.15) is 38.8 Å². The molecule has 0 saturated carbocycles. The highest BCUT2D eigenvalue weighted by Crippen LogP contribution is 2.31. The van der Waals surface area contributed by atoms with E-state index in [1.165, 1.54) is 4.90 Å². The van der Waals surface area contributed by atoms with Gasteiger partial charge in [-0.25, -0.2) is 4.99 Å². The molecule has 1 heterocycles. The van der Waals surface area contributed by atoms with Crippen molar-refractivity contribution in [2.24, 2.45) is 10.4 Å². The van der Waals surface area contributed by atoms with Crippen molar-refractivity contribution in [1.29, 1.82) is 0 Å². The number of likely N-dealkylation sites (N-methyl/N-ethyl adjacent to an activating group) is 1. The average Bonchev–Trinajstić information content (AvgIpc) is 2.65. The van der Waals surface area contributed by atoms with Gasteiger partial charge in [0.2, 0.25) is 5.91 Å². The molecule has 2 rings (SSSR count). The summed E-state index contributed by atoms with van der Waals surface area (Å²) in [5, 5.41) is 6.82. The average molecular weight is 391 g/mol. The number of guanidine groups is 1. The number of para-hydroxylation sites is 1. The van der Waals surface area contributed by atoms with Crippen LogP contribution in [-0.4, -0.2) is 63.8 Å². The monoisotopic (exact) mass is 390 g/mol. The predicted molar refractivity (Wildman–Crippen MR) is 112 cm³/mol. The molecule has 7 heteroatoms. The molecule has 1 aromatic rings. The van der Waals surface area contributed by atoms with Crippen molar-refractivity contribution in [3.8, 4) is 5.75 Å². The van der Waals surface area contributed by atoms with Gasteiger partial charge in [-0.05, 0) is 11.5 Å². The molecule has 2 unspecified atom stereocenters. The zero-order valence-corrected chi connectivity index (χ0v) is 17.9. The number of hydrogen-bond acceptors (Lipinski definition) is 4. The van der Waals surface area contributed by atoms with Crippen LogP contribution in [0.15, 0.2) is 29.3 Å². The lowest BCUT2D eigenvalue weighted by molar-refractivity contribution is -0.127. The minimum Gasteiger partial charge on any atom is -0.493 e. The number of methoxy groups -OCH3 is 1. The molecule has 0 radical (unpaired) electrons. The molecular weight excluding hydrogens is 356 g/mol. The van der Waals surface area contributed by atoms with Crippen molar-refractivity contribution in [2.75, 3.05) is 40.9 Å². The summed E-state index contributed by atoms with van der Waals surface area (Å²) in [6, 6.07) is 8.08. The zero-order valence-electron chi connectivity index (χ0n) is 17.9. The number of nitrogens with zero attached hydrogens (tertiary/aromatic N) is 2. The number of nitrogens with one attached hydrogen (secondary N) is 2. The van der Waals surface area contributed by atoms with E-state index in [4.69, 9.17) is 9.47 Å². The SMILES string of the molecule is COC(CNC(=NCC(=O)N(C)C)NC1CCOc2ccccc21)C(C)(C)C. The highest BCUT2D eigenvalue weighted by Gasteiger charge is 2.26. The van der Waals surface area contributed by atoms with E-state index in [2.05, 4.69) is 42.5 Å². The van der Waals surface area contributed by atoms with Crippen LogP contribution in [0.2, 0.25) is 0 Å². The standard InChI is InChI=1S/C21H34N4O3/c1-21(2,3)18(27-6)13-22-20(23-14-19(26)25(4)5)24-16-11-12-28-17-10-8-7-9-15(16)17/h7-10,16,18H,11-14H2,1-6H3,(H2,22,23,24). The minimum atomic E-state index is -0.0485. The Morgan fingerprint density at radius 1 is 1.36 bits per heavy atom. The minimum absolute atomic E-state index is 0.00558. The summed E-state index contributed by atoms with van der Waals surface area (Å²) < 4.78 is 11.4. The van der Waals surface area contributed by atoms with Gasteiger partial charge >= 0.3 is 0 Å². The Labute approximate surface area is 168 Å². The first-order chi connectivity index (χ1) is 13.2. The van der Waals surface area contributed by atoms with Gasteiger partial charge < -0.3 is 25.0 Å². The van der Waals surface area contributed by atoms with Crippen molar-refractivity contribution in [2.45, 2.75) is 39.3 Å². The van der Waals surface area contributed by atoms with E-state index in [1.807, 2.05) is 18.2 Å². The molecular formula is C21H34N4O3. The molecule has 1 aliphatic heterocycles. The second kappa shape index (κ2) is 9.78. The number of aliphatic imine (C=N–C) groups is 1. The van der Waals surface area contributed by atoms with Crippen LogP contribution in [0.5, 0.6) is 5.75 Å². The fraction of sp³-hybridized carbons (Fsp3) is 0.619. The van der Waals surface area contributed by atoms with E-state index in [0.29, 0.717) is 19.1 Å². The molecule has 1 aliphatic rings. The molecule has 0 spiro atoms. The Bertz CT molecular complexity index is 682. The van der Waals surface area contributed by atoms with Crippen LogP contribution in [0.4, 0.5) is 0 Å². The third-order valence-electron chi connectivity index (χ3n) is 4.85. The van der Waals surface area contributed by atoms with Gasteiger partial charge in [0.15, 0.2) is 5.96 Å². The summed E-state index contributed by atoms with van der Waals surface area (Å²) in [5.41, 5.74) is 1.08. The quantitative estimate of drug-likeness (QED) is 0.575. The number of fused-ring (bicyclic) bond motifs is 1. The molecule has 0 aliphatic carbocycles. The lowest BCUT2D eigenvalue weighted by atomic mass is 9.89. The van der Waals surface area contributed by atoms with Gasteiger partial charge in [-0.3, -0.25) is 4.79 Å². The first kappa shape index (κ1) is 22.0. The van der Waals surface area contributed by atoms with E-state index in [-0.39, 0.29) is 30.0 Å². The number of carbonyl (C=O) groups is 1. The molecule has 28 heavy (non-hydrogen) atoms. The first-order valence-corrected chi connectivity index (χ1v) is 9.72. The number of ether oxygens (including phenoxy) is 2. The lowest BCUT2D eigenvalue weighted by Gasteiger charge is -2.31. The van der Waals surface area contributed by atoms with Gasteiger partial charge in [-0.2, -0.15) is 0 Å². The highest BCUT2D eigenvalue weighted by atomic mass is 16.5. The van der Waals surface area contributed by atoms with E-state index in [9.17, 15) is 4.79 Å². The molecule has 0 saturated heterocycles. The maximum Gasteiger partial charge on any atom is 0.243 e. The summed E-state index contributed by atoms with van der Waals surface area (Å²) in [5.74, 6) is 1.44. The number of hydrogen-bond donors (Lipinski definition) is 2. The molecule has 0 aromatic heterocycles. The Morgan fingerprint density at radius 2 is 2.07 bits per heavy atom. The fourth-order valence-corrected chi connectivity index (χ4v) is 3.03. The Morgan fingerprint density at radius 3 is 2.71 bits per heavy atom. The largest absolute Gasteiger partial charge is 0.493 e. The van der Waals surface area contributed by atoms with Crippen LogP contribution in [0.25, 0.3) is 0 Å². The second-order valence-electron chi connectivity index (χ2n) is 8.30. The van der Waals surface area contributed by atoms with Crippen LogP contribution in [0.3, 0.4) is 0 Å². The van der Waals surface area contributed by atoms with Crippen molar-refractivity contribution < 1.29 is 14.3 Å². The van der Waals surface area contributed by atoms with Crippen LogP contribution in [0, 0.1) is 5.41 Å². The summed E-state index contributed by atoms with van der Waals surface area (Å²) in [6.07, 6.45) is 0.831. The molecule has 156 valence electrons. The van der Waals surface area contributed by atoms with Crippen LogP contribution in [-0.2, 0) is 9.53 Å². The van der Waals surface area contributed by atoms with Gasteiger partial charge in [0.05, 0.1) is 18.8 Å². The van der Waals surface area contributed by atoms with E-state index < -0.39 is 0 Å². The summed E-state index contributed by atoms with van der Waals surface area (Å²) in [7, 11) is 5.17. The van der Waals surface area contributed by atoms with Gasteiger partial charge in [0.1, 0.15) is 12.3 Å². The lowest BCUT2D eigenvalue weighted by Crippen LogP contribution is -2.47. The molecule has 0 bridgehead atoms. The molecule has 2 atom stereocenters. The normalized spacial score (nSPS) is 17.9. The topological polar surface area (TPSA) is 75.2 Å². The highest BCUT2D eigenvalue weighted by molar-refractivity contribution is 5.85. The van der Waals surface area contributed by atoms with Crippen molar-refractivity contribution in [3.05, 3.63) is 29.8 Å². The zero-order chi connectivity index (χ0) is 20.7. The third kappa shape index (κ3) is 6.12. The summed E-state index contributed by atoms with van der Waals surface area (Å²) in [6.45, 7) is 7.72. The van der Waals surface area contributed by atoms with Gasteiger partial charge in [0, 0.05) is 39.7 Å². The van der Waals surface area contributed by atoms with Gasteiger partial charge in [-0.15, -0.1) is 0 Å². The number of benzene rings is 1. The smallest absolute Gasteiger partial charge is 0.243 e. The van der Waals surface area contributed by atoms with E-state index >= 15 is 0 Å². The molecule has 7 nitrogen and oxygen atoms in total. The van der Waals surface area contributed by atoms with Crippen molar-refractivity contribution >= 4 is 11.9 Å². The maximum absolute atomic E-state index is 12.0. The molecule has 1 amide bonds. The molecule has 2 N–H and O–H groups in total. The summed E-state index contributed by atoms with van der Waals surface area (Å²) in [4.78, 5) is 18.1. The van der Waals surface area contributed by atoms with Crippen LogP contribution >= 0.6 is 0 Å².